The van der Waals surface area contributed by atoms with Gasteiger partial charge in [0, 0.05) is 12.3 Å². The fourth-order valence-electron chi connectivity index (χ4n) is 4.02. The molecule has 1 aliphatic carbocycles. The van der Waals surface area contributed by atoms with Gasteiger partial charge in [-0.25, -0.2) is 9.59 Å². The largest absolute Gasteiger partial charge is 0.480 e. The highest BCUT2D eigenvalue weighted by atomic mass is 16.5. The van der Waals surface area contributed by atoms with Crippen LogP contribution in [0.4, 0.5) is 4.79 Å². The van der Waals surface area contributed by atoms with E-state index in [1.165, 1.54) is 0 Å². The molecule has 2 aromatic rings. The van der Waals surface area contributed by atoms with Crippen LogP contribution < -0.4 is 10.6 Å². The highest BCUT2D eigenvalue weighted by Gasteiger charge is 2.30. The van der Waals surface area contributed by atoms with E-state index in [1.54, 1.807) is 6.92 Å². The third kappa shape index (κ3) is 5.72. The summed E-state index contributed by atoms with van der Waals surface area (Å²) in [6, 6.07) is 14.0. The SMILES string of the molecule is CC#CCC(NC(=O)[C@H](CCC)NC(=O)OCC1c2ccccc2-c2ccccc21)C(=O)O. The first-order chi connectivity index (χ1) is 16.0. The Morgan fingerprint density at radius 3 is 2.15 bits per heavy atom. The van der Waals surface area contributed by atoms with Gasteiger partial charge < -0.3 is 20.5 Å². The van der Waals surface area contributed by atoms with Crippen molar-refractivity contribution >= 4 is 18.0 Å². The maximum absolute atomic E-state index is 12.6. The molecule has 1 unspecified atom stereocenters. The van der Waals surface area contributed by atoms with Gasteiger partial charge in [0.2, 0.25) is 5.91 Å². The topological polar surface area (TPSA) is 105 Å². The van der Waals surface area contributed by atoms with Crippen LogP contribution in [0.2, 0.25) is 0 Å². The van der Waals surface area contributed by atoms with Gasteiger partial charge in [0.25, 0.3) is 0 Å². The number of rotatable bonds is 9. The molecular weight excluding hydrogens is 420 g/mol. The number of nitrogens with one attached hydrogen (secondary N) is 2. The molecule has 0 aromatic heterocycles. The molecule has 0 bridgehead atoms. The molecule has 0 radical (unpaired) electrons. The van der Waals surface area contributed by atoms with Gasteiger partial charge in [-0.05, 0) is 35.6 Å². The van der Waals surface area contributed by atoms with Crippen molar-refractivity contribution in [1.82, 2.24) is 10.6 Å². The number of carboxylic acids is 1. The molecule has 0 saturated heterocycles. The molecule has 3 rings (SSSR count). The van der Waals surface area contributed by atoms with E-state index in [1.807, 2.05) is 43.3 Å². The lowest BCUT2D eigenvalue weighted by atomic mass is 9.98. The van der Waals surface area contributed by atoms with Crippen molar-refractivity contribution in [1.29, 1.82) is 0 Å². The number of carbonyl (C=O) groups is 3. The van der Waals surface area contributed by atoms with E-state index in [0.717, 1.165) is 22.3 Å². The number of carboxylic acid groups (broad SMARTS) is 1. The molecule has 33 heavy (non-hydrogen) atoms. The van der Waals surface area contributed by atoms with Gasteiger partial charge >= 0.3 is 12.1 Å². The Hall–Kier alpha value is -3.79. The molecule has 2 atom stereocenters. The fourth-order valence-corrected chi connectivity index (χ4v) is 4.02. The molecule has 172 valence electrons. The number of amides is 2. The predicted molar refractivity (Wildman–Crippen MR) is 125 cm³/mol. The van der Waals surface area contributed by atoms with Crippen molar-refractivity contribution in [3.05, 3.63) is 59.7 Å². The molecule has 0 aliphatic heterocycles. The summed E-state index contributed by atoms with van der Waals surface area (Å²) in [6.07, 6.45) is 0.239. The Morgan fingerprint density at radius 1 is 1.00 bits per heavy atom. The average Bonchev–Trinajstić information content (AvgIpc) is 3.13. The van der Waals surface area contributed by atoms with Crippen LogP contribution in [0, 0.1) is 11.8 Å². The number of ether oxygens (including phenoxy) is 1. The molecule has 1 aliphatic rings. The average molecular weight is 449 g/mol. The zero-order chi connectivity index (χ0) is 23.8. The summed E-state index contributed by atoms with van der Waals surface area (Å²) in [4.78, 5) is 36.6. The van der Waals surface area contributed by atoms with E-state index in [2.05, 4.69) is 34.6 Å². The number of alkyl carbamates (subject to hydrolysis) is 1. The smallest absolute Gasteiger partial charge is 0.407 e. The van der Waals surface area contributed by atoms with E-state index in [9.17, 15) is 19.5 Å². The first-order valence-corrected chi connectivity index (χ1v) is 11.0. The number of hydrogen-bond donors (Lipinski definition) is 3. The second-order valence-electron chi connectivity index (χ2n) is 7.84. The Kier molecular flexibility index (Phi) is 8.09. The Morgan fingerprint density at radius 2 is 1.61 bits per heavy atom. The van der Waals surface area contributed by atoms with Gasteiger partial charge in [-0.3, -0.25) is 4.79 Å². The van der Waals surface area contributed by atoms with Crippen molar-refractivity contribution in [2.75, 3.05) is 6.61 Å². The monoisotopic (exact) mass is 448 g/mol. The van der Waals surface area contributed by atoms with E-state index in [0.29, 0.717) is 12.8 Å². The minimum atomic E-state index is -1.18. The van der Waals surface area contributed by atoms with E-state index in [4.69, 9.17) is 4.74 Å². The minimum absolute atomic E-state index is 0.0125. The predicted octanol–water partition coefficient (Wildman–Crippen LogP) is 3.68. The van der Waals surface area contributed by atoms with Gasteiger partial charge in [0.05, 0.1) is 0 Å². The number of fused-ring (bicyclic) bond motifs is 3. The standard InChI is InChI=1S/C26H28N2O5/c1-3-5-15-23(25(30)31)27-24(29)22(10-4-2)28-26(32)33-16-21-19-13-8-6-11-17(19)18-12-7-9-14-20(18)21/h6-9,11-14,21-23H,4,10,15-16H2,1-2H3,(H,27,29)(H,28,32)(H,30,31)/t22-,23?/m0/s1. The zero-order valence-corrected chi connectivity index (χ0v) is 18.8. The zero-order valence-electron chi connectivity index (χ0n) is 18.8. The molecule has 0 heterocycles. The van der Waals surface area contributed by atoms with Gasteiger partial charge in [-0.15, -0.1) is 11.8 Å². The van der Waals surface area contributed by atoms with E-state index in [-0.39, 0.29) is 18.9 Å². The van der Waals surface area contributed by atoms with Crippen LogP contribution in [-0.4, -0.2) is 41.8 Å². The summed E-state index contributed by atoms with van der Waals surface area (Å²) in [5, 5.41) is 14.4. The van der Waals surface area contributed by atoms with Gasteiger partial charge in [0.15, 0.2) is 0 Å². The molecule has 0 fully saturated rings. The summed E-state index contributed by atoms with van der Waals surface area (Å²) >= 11 is 0. The molecular formula is C26H28N2O5. The summed E-state index contributed by atoms with van der Waals surface area (Å²) in [5.74, 6) is 3.43. The highest BCUT2D eigenvalue weighted by Crippen LogP contribution is 2.44. The number of benzene rings is 2. The summed E-state index contributed by atoms with van der Waals surface area (Å²) in [7, 11) is 0. The van der Waals surface area contributed by atoms with Gasteiger partial charge in [-0.1, -0.05) is 61.9 Å². The summed E-state index contributed by atoms with van der Waals surface area (Å²) < 4.78 is 5.52. The molecule has 7 nitrogen and oxygen atoms in total. The van der Waals surface area contributed by atoms with Crippen molar-refractivity contribution in [2.45, 2.75) is 51.1 Å². The van der Waals surface area contributed by atoms with Crippen LogP contribution in [0.5, 0.6) is 0 Å². The molecule has 3 N–H and O–H groups in total. The van der Waals surface area contributed by atoms with Crippen LogP contribution >= 0.6 is 0 Å². The van der Waals surface area contributed by atoms with Gasteiger partial charge in [0.1, 0.15) is 18.7 Å². The number of aliphatic carboxylic acids is 1. The molecule has 2 aromatic carbocycles. The molecule has 0 spiro atoms. The summed E-state index contributed by atoms with van der Waals surface area (Å²) in [5.41, 5.74) is 4.44. The van der Waals surface area contributed by atoms with Crippen molar-refractivity contribution in [3.63, 3.8) is 0 Å². The maximum Gasteiger partial charge on any atom is 0.407 e. The van der Waals surface area contributed by atoms with Crippen LogP contribution in [0.25, 0.3) is 11.1 Å². The third-order valence-corrected chi connectivity index (χ3v) is 5.63. The Labute approximate surface area is 193 Å². The molecule has 2 amide bonds. The highest BCUT2D eigenvalue weighted by molar-refractivity contribution is 5.89. The summed E-state index contributed by atoms with van der Waals surface area (Å²) in [6.45, 7) is 3.60. The first kappa shape index (κ1) is 23.9. The van der Waals surface area contributed by atoms with E-state index < -0.39 is 30.1 Å². The third-order valence-electron chi connectivity index (χ3n) is 5.63. The lowest BCUT2D eigenvalue weighted by Crippen LogP contribution is -2.51. The van der Waals surface area contributed by atoms with E-state index >= 15 is 0 Å². The van der Waals surface area contributed by atoms with Gasteiger partial charge in [-0.2, -0.15) is 0 Å². The van der Waals surface area contributed by atoms with Crippen molar-refractivity contribution < 1.29 is 24.2 Å². The normalized spacial score (nSPS) is 13.5. The van der Waals surface area contributed by atoms with Crippen molar-refractivity contribution in [2.24, 2.45) is 0 Å². The molecule has 0 saturated carbocycles. The quantitative estimate of drug-likeness (QED) is 0.508. The Bertz CT molecular complexity index is 1040. The van der Waals surface area contributed by atoms with Crippen LogP contribution in [0.15, 0.2) is 48.5 Å². The lowest BCUT2D eigenvalue weighted by Gasteiger charge is -2.21. The van der Waals surface area contributed by atoms with Crippen LogP contribution in [0.1, 0.15) is 50.2 Å². The fraction of sp³-hybridized carbons (Fsp3) is 0.346. The Balaban J connectivity index is 1.64. The minimum Gasteiger partial charge on any atom is -0.480 e. The second kappa shape index (κ2) is 11.2. The van der Waals surface area contributed by atoms with Crippen LogP contribution in [-0.2, 0) is 14.3 Å². The number of carbonyl (C=O) groups excluding carboxylic acids is 2. The van der Waals surface area contributed by atoms with Crippen LogP contribution in [0.3, 0.4) is 0 Å². The maximum atomic E-state index is 12.6. The van der Waals surface area contributed by atoms with Crippen molar-refractivity contribution in [3.8, 4) is 23.0 Å². The first-order valence-electron chi connectivity index (χ1n) is 11.0. The number of hydrogen-bond acceptors (Lipinski definition) is 4. The second-order valence-corrected chi connectivity index (χ2v) is 7.84. The lowest BCUT2D eigenvalue weighted by molar-refractivity contribution is -0.141. The molecule has 7 heteroatoms.